The number of halogens is 1. The molecule has 0 spiro atoms. The Morgan fingerprint density at radius 1 is 1.19 bits per heavy atom. The lowest BCUT2D eigenvalue weighted by Crippen LogP contribution is -2.33. The first kappa shape index (κ1) is 16.6. The van der Waals surface area contributed by atoms with E-state index in [1.165, 1.54) is 0 Å². The molecule has 0 aromatic heterocycles. The summed E-state index contributed by atoms with van der Waals surface area (Å²) >= 11 is 5.81. The zero-order valence-corrected chi connectivity index (χ0v) is 14.1. The normalized spacial score (nSPS) is 21.0. The van der Waals surface area contributed by atoms with Crippen molar-refractivity contribution in [1.82, 2.24) is 5.32 Å². The molecule has 0 saturated heterocycles. The fourth-order valence-corrected chi connectivity index (χ4v) is 3.15. The van der Waals surface area contributed by atoms with Crippen LogP contribution < -0.4 is 10.1 Å². The molecule has 0 amide bonds. The van der Waals surface area contributed by atoms with Gasteiger partial charge in [0.05, 0.1) is 0 Å². The maximum Gasteiger partial charge on any atom is 0.119 e. The first-order valence-electron chi connectivity index (χ1n) is 7.52. The number of hydrogen-bond acceptors (Lipinski definition) is 3. The molecule has 4 heteroatoms. The van der Waals surface area contributed by atoms with Crippen molar-refractivity contribution < 1.29 is 9.84 Å². The Morgan fingerprint density at radius 2 is 1.76 bits per heavy atom. The average molecular weight is 312 g/mol. The molecule has 1 saturated carbocycles. The van der Waals surface area contributed by atoms with Crippen LogP contribution in [0.1, 0.15) is 27.7 Å². The number of nitrogens with one attached hydrogen (secondary N) is 1. The van der Waals surface area contributed by atoms with Gasteiger partial charge in [0.25, 0.3) is 0 Å². The van der Waals surface area contributed by atoms with Gasteiger partial charge in [-0.05, 0) is 47.6 Å². The Labute approximate surface area is 132 Å². The van der Waals surface area contributed by atoms with Crippen LogP contribution in [0.15, 0.2) is 24.3 Å². The molecule has 1 atom stereocenters. The average Bonchev–Trinajstić information content (AvgIpc) is 2.80. The van der Waals surface area contributed by atoms with Gasteiger partial charge >= 0.3 is 0 Å². The van der Waals surface area contributed by atoms with E-state index in [9.17, 15) is 5.11 Å². The third-order valence-electron chi connectivity index (χ3n) is 5.30. The first-order valence-corrected chi connectivity index (χ1v) is 7.90. The summed E-state index contributed by atoms with van der Waals surface area (Å²) in [4.78, 5) is 0. The minimum Gasteiger partial charge on any atom is -0.491 e. The zero-order chi connectivity index (χ0) is 15.7. The van der Waals surface area contributed by atoms with Gasteiger partial charge in [-0.2, -0.15) is 0 Å². The highest BCUT2D eigenvalue weighted by molar-refractivity contribution is 6.30. The highest BCUT2D eigenvalue weighted by Gasteiger charge is 2.63. The molecule has 0 heterocycles. The maximum absolute atomic E-state index is 9.95. The van der Waals surface area contributed by atoms with Gasteiger partial charge in [-0.1, -0.05) is 39.3 Å². The monoisotopic (exact) mass is 311 g/mol. The summed E-state index contributed by atoms with van der Waals surface area (Å²) in [5, 5.41) is 14.0. The van der Waals surface area contributed by atoms with Gasteiger partial charge in [0.15, 0.2) is 0 Å². The quantitative estimate of drug-likeness (QED) is 0.811. The second kappa shape index (κ2) is 6.15. The van der Waals surface area contributed by atoms with Gasteiger partial charge in [-0.25, -0.2) is 0 Å². The topological polar surface area (TPSA) is 41.5 Å². The van der Waals surface area contributed by atoms with Crippen LogP contribution in [0.25, 0.3) is 0 Å². The second-order valence-electron chi connectivity index (χ2n) is 7.07. The molecule has 118 valence electrons. The van der Waals surface area contributed by atoms with Gasteiger partial charge in [-0.15, -0.1) is 0 Å². The lowest BCUT2D eigenvalue weighted by molar-refractivity contribution is 0.106. The molecule has 0 bridgehead atoms. The summed E-state index contributed by atoms with van der Waals surface area (Å²) in [7, 11) is 0. The van der Waals surface area contributed by atoms with Crippen molar-refractivity contribution in [2.24, 2.45) is 16.7 Å². The highest BCUT2D eigenvalue weighted by atomic mass is 35.5. The third kappa shape index (κ3) is 3.71. The summed E-state index contributed by atoms with van der Waals surface area (Å²) in [6.07, 6.45) is -0.509. The third-order valence-corrected chi connectivity index (χ3v) is 5.56. The Balaban J connectivity index is 1.64. The first-order chi connectivity index (χ1) is 9.75. The summed E-state index contributed by atoms with van der Waals surface area (Å²) < 4.78 is 5.53. The SMILES string of the molecule is CC1(C)C(CNCC(O)COc2ccc(Cl)cc2)C1(C)C. The zero-order valence-electron chi connectivity index (χ0n) is 13.3. The van der Waals surface area contributed by atoms with Gasteiger partial charge < -0.3 is 15.2 Å². The van der Waals surface area contributed by atoms with Gasteiger partial charge in [0.2, 0.25) is 0 Å². The van der Waals surface area contributed by atoms with E-state index in [4.69, 9.17) is 16.3 Å². The van der Waals surface area contributed by atoms with Crippen LogP contribution in [0.4, 0.5) is 0 Å². The molecule has 1 fully saturated rings. The fraction of sp³-hybridized carbons (Fsp3) is 0.647. The van der Waals surface area contributed by atoms with E-state index in [2.05, 4.69) is 33.0 Å². The second-order valence-corrected chi connectivity index (χ2v) is 7.51. The molecular weight excluding hydrogens is 286 g/mol. The van der Waals surface area contributed by atoms with Crippen molar-refractivity contribution in [3.8, 4) is 5.75 Å². The molecule has 2 N–H and O–H groups in total. The van der Waals surface area contributed by atoms with Crippen LogP contribution in [0, 0.1) is 16.7 Å². The predicted octanol–water partition coefficient (Wildman–Crippen LogP) is 3.35. The molecule has 1 unspecified atom stereocenters. The van der Waals surface area contributed by atoms with Gasteiger partial charge in [0, 0.05) is 11.6 Å². The molecule has 0 aliphatic heterocycles. The Hall–Kier alpha value is -0.770. The smallest absolute Gasteiger partial charge is 0.119 e. The Bertz CT molecular complexity index is 456. The molecule has 0 radical (unpaired) electrons. The lowest BCUT2D eigenvalue weighted by atomic mass is 10.0. The minimum absolute atomic E-state index is 0.284. The highest BCUT2D eigenvalue weighted by Crippen LogP contribution is 2.67. The van der Waals surface area contributed by atoms with E-state index >= 15 is 0 Å². The van der Waals surface area contributed by atoms with E-state index in [1.807, 2.05) is 0 Å². The molecule has 1 aliphatic carbocycles. The summed E-state index contributed by atoms with van der Waals surface area (Å²) in [5.41, 5.74) is 0.759. The molecule has 1 aromatic rings. The minimum atomic E-state index is -0.509. The van der Waals surface area contributed by atoms with Crippen LogP contribution in [0.5, 0.6) is 5.75 Å². The number of benzene rings is 1. The van der Waals surface area contributed by atoms with Crippen molar-refractivity contribution in [1.29, 1.82) is 0 Å². The maximum atomic E-state index is 9.95. The Kier molecular flexibility index (Phi) is 4.86. The predicted molar refractivity (Wildman–Crippen MR) is 86.9 cm³/mol. The van der Waals surface area contributed by atoms with E-state index in [1.54, 1.807) is 24.3 Å². The molecule has 1 aromatic carbocycles. The Morgan fingerprint density at radius 3 is 2.29 bits per heavy atom. The molecular formula is C17H26ClNO2. The van der Waals surface area contributed by atoms with Crippen LogP contribution in [-0.4, -0.2) is 30.9 Å². The number of rotatable bonds is 7. The molecule has 3 nitrogen and oxygen atoms in total. The summed E-state index contributed by atoms with van der Waals surface area (Å²) in [5.74, 6) is 1.39. The van der Waals surface area contributed by atoms with Crippen molar-refractivity contribution in [2.45, 2.75) is 33.8 Å². The van der Waals surface area contributed by atoms with Crippen LogP contribution in [-0.2, 0) is 0 Å². The summed E-state index contributed by atoms with van der Waals surface area (Å²) in [6, 6.07) is 7.16. The van der Waals surface area contributed by atoms with Crippen LogP contribution >= 0.6 is 11.6 Å². The van der Waals surface area contributed by atoms with Crippen molar-refractivity contribution >= 4 is 11.6 Å². The van der Waals surface area contributed by atoms with Gasteiger partial charge in [-0.3, -0.25) is 0 Å². The van der Waals surface area contributed by atoms with E-state index in [0.29, 0.717) is 28.3 Å². The number of hydrogen-bond donors (Lipinski definition) is 2. The lowest BCUT2D eigenvalue weighted by Gasteiger charge is -2.14. The number of ether oxygens (including phenoxy) is 1. The van der Waals surface area contributed by atoms with Crippen LogP contribution in [0.2, 0.25) is 5.02 Å². The molecule has 21 heavy (non-hydrogen) atoms. The molecule has 1 aliphatic rings. The van der Waals surface area contributed by atoms with E-state index in [-0.39, 0.29) is 6.61 Å². The fourth-order valence-electron chi connectivity index (χ4n) is 3.02. The van der Waals surface area contributed by atoms with E-state index < -0.39 is 6.10 Å². The largest absolute Gasteiger partial charge is 0.491 e. The van der Waals surface area contributed by atoms with Crippen molar-refractivity contribution in [3.63, 3.8) is 0 Å². The van der Waals surface area contributed by atoms with E-state index in [0.717, 1.165) is 12.3 Å². The van der Waals surface area contributed by atoms with Crippen molar-refractivity contribution in [3.05, 3.63) is 29.3 Å². The van der Waals surface area contributed by atoms with Crippen LogP contribution in [0.3, 0.4) is 0 Å². The summed E-state index contributed by atoms with van der Waals surface area (Å²) in [6.45, 7) is 11.0. The molecule has 2 rings (SSSR count). The number of aliphatic hydroxyl groups excluding tert-OH is 1. The standard InChI is InChI=1S/C17H26ClNO2/c1-16(2)15(17(16,3)4)10-19-9-13(20)11-21-14-7-5-12(18)6-8-14/h5-8,13,15,19-20H,9-11H2,1-4H3. The van der Waals surface area contributed by atoms with Crippen molar-refractivity contribution in [2.75, 3.05) is 19.7 Å². The van der Waals surface area contributed by atoms with Gasteiger partial charge in [0.1, 0.15) is 18.5 Å². The number of aliphatic hydroxyl groups is 1.